The molecule has 0 aliphatic carbocycles. The van der Waals surface area contributed by atoms with Crippen molar-refractivity contribution in [2.75, 3.05) is 19.6 Å². The molecule has 90 valence electrons. The van der Waals surface area contributed by atoms with Crippen LogP contribution in [0.2, 0.25) is 0 Å². The van der Waals surface area contributed by atoms with E-state index in [9.17, 15) is 4.79 Å². The van der Waals surface area contributed by atoms with Gasteiger partial charge in [0.2, 0.25) is 0 Å². The molecule has 0 unspecified atom stereocenters. The van der Waals surface area contributed by atoms with Crippen LogP contribution in [0.15, 0.2) is 18.3 Å². The second kappa shape index (κ2) is 6.33. The maximum absolute atomic E-state index is 11.8. The van der Waals surface area contributed by atoms with Crippen LogP contribution < -0.4 is 10.6 Å². The minimum Gasteiger partial charge on any atom is -0.349 e. The van der Waals surface area contributed by atoms with E-state index < -0.39 is 0 Å². The molecule has 0 saturated carbocycles. The van der Waals surface area contributed by atoms with Gasteiger partial charge >= 0.3 is 0 Å². The highest BCUT2D eigenvalue weighted by atomic mass is 16.1. The molecule has 0 aliphatic rings. The number of hydrogen-bond donors (Lipinski definition) is 2. The van der Waals surface area contributed by atoms with Crippen LogP contribution in [0.25, 0.3) is 0 Å². The Balaban J connectivity index is 2.49. The number of hydrogen-bond acceptors (Lipinski definition) is 2. The van der Waals surface area contributed by atoms with Gasteiger partial charge in [-0.1, -0.05) is 6.92 Å². The summed E-state index contributed by atoms with van der Waals surface area (Å²) in [5.74, 6) is -0.00315. The summed E-state index contributed by atoms with van der Waals surface area (Å²) in [5, 5.41) is 6.06. The van der Waals surface area contributed by atoms with Gasteiger partial charge in [-0.2, -0.15) is 0 Å². The smallest absolute Gasteiger partial charge is 0.267 e. The number of aromatic nitrogens is 1. The van der Waals surface area contributed by atoms with E-state index in [1.54, 1.807) is 0 Å². The van der Waals surface area contributed by atoms with Crippen LogP contribution in [0.1, 0.15) is 37.3 Å². The van der Waals surface area contributed by atoms with Crippen molar-refractivity contribution in [2.24, 2.45) is 0 Å². The van der Waals surface area contributed by atoms with Crippen molar-refractivity contribution in [2.45, 2.75) is 26.8 Å². The average Bonchev–Trinajstić information content (AvgIpc) is 2.73. The molecule has 16 heavy (non-hydrogen) atoms. The van der Waals surface area contributed by atoms with Gasteiger partial charge < -0.3 is 15.2 Å². The van der Waals surface area contributed by atoms with E-state index in [1.165, 1.54) is 0 Å². The van der Waals surface area contributed by atoms with E-state index in [0.29, 0.717) is 12.6 Å². The number of nitrogens with zero attached hydrogens (tertiary/aromatic N) is 1. The number of rotatable bonds is 6. The summed E-state index contributed by atoms with van der Waals surface area (Å²) in [7, 11) is 0. The lowest BCUT2D eigenvalue weighted by Crippen LogP contribution is -2.33. The Bertz CT molecular complexity index is 331. The normalized spacial score (nSPS) is 10.8. The van der Waals surface area contributed by atoms with Gasteiger partial charge in [-0.25, -0.2) is 0 Å². The van der Waals surface area contributed by atoms with Crippen molar-refractivity contribution in [3.8, 4) is 0 Å². The van der Waals surface area contributed by atoms with Gasteiger partial charge in [0.25, 0.3) is 5.91 Å². The summed E-state index contributed by atoms with van der Waals surface area (Å²) in [5.41, 5.74) is 0.728. The summed E-state index contributed by atoms with van der Waals surface area (Å²) < 4.78 is 1.97. The maximum Gasteiger partial charge on any atom is 0.267 e. The van der Waals surface area contributed by atoms with Gasteiger partial charge in [0, 0.05) is 25.3 Å². The fourth-order valence-electron chi connectivity index (χ4n) is 1.57. The molecule has 1 heterocycles. The first-order chi connectivity index (χ1) is 7.66. The van der Waals surface area contributed by atoms with Gasteiger partial charge in [0.05, 0.1) is 0 Å². The minimum absolute atomic E-state index is 0.00315. The van der Waals surface area contributed by atoms with E-state index >= 15 is 0 Å². The number of carbonyl (C=O) groups excluding carboxylic acids is 1. The van der Waals surface area contributed by atoms with Crippen LogP contribution in [0.4, 0.5) is 0 Å². The lowest BCUT2D eigenvalue weighted by molar-refractivity contribution is 0.0943. The van der Waals surface area contributed by atoms with E-state index in [1.807, 2.05) is 29.8 Å². The molecule has 1 aromatic heterocycles. The molecule has 0 aromatic carbocycles. The van der Waals surface area contributed by atoms with Crippen molar-refractivity contribution in [1.29, 1.82) is 0 Å². The molecule has 0 bridgehead atoms. The fraction of sp³-hybridized carbons (Fsp3) is 0.583. The molecular weight excluding hydrogens is 202 g/mol. The molecule has 2 N–H and O–H groups in total. The van der Waals surface area contributed by atoms with Crippen LogP contribution in [-0.4, -0.2) is 30.1 Å². The van der Waals surface area contributed by atoms with E-state index in [0.717, 1.165) is 18.8 Å². The summed E-state index contributed by atoms with van der Waals surface area (Å²) in [6.07, 6.45) is 1.93. The number of carbonyl (C=O) groups is 1. The Morgan fingerprint density at radius 2 is 2.19 bits per heavy atom. The highest BCUT2D eigenvalue weighted by molar-refractivity contribution is 5.92. The first-order valence-electron chi connectivity index (χ1n) is 5.82. The number of nitrogens with one attached hydrogen (secondary N) is 2. The standard InChI is InChI=1S/C12H21N3O/c1-4-13-7-8-14-12(16)11-6-5-9-15(11)10(2)3/h5-6,9-10,13H,4,7-8H2,1-3H3,(H,14,16). The van der Waals surface area contributed by atoms with Crippen LogP contribution in [0.5, 0.6) is 0 Å². The third-order valence-electron chi connectivity index (χ3n) is 2.41. The Labute approximate surface area is 97.0 Å². The molecule has 0 atom stereocenters. The highest BCUT2D eigenvalue weighted by Crippen LogP contribution is 2.10. The second-order valence-electron chi connectivity index (χ2n) is 4.00. The number of likely N-dealkylation sites (N-methyl/N-ethyl adjacent to an activating group) is 1. The van der Waals surface area contributed by atoms with Crippen molar-refractivity contribution in [3.63, 3.8) is 0 Å². The molecule has 1 rings (SSSR count). The van der Waals surface area contributed by atoms with Crippen molar-refractivity contribution in [3.05, 3.63) is 24.0 Å². The van der Waals surface area contributed by atoms with Gasteiger partial charge in [0.1, 0.15) is 5.69 Å². The molecule has 1 aromatic rings. The molecular formula is C12H21N3O. The van der Waals surface area contributed by atoms with Gasteiger partial charge in [0.15, 0.2) is 0 Å². The van der Waals surface area contributed by atoms with Crippen LogP contribution in [-0.2, 0) is 0 Å². The van der Waals surface area contributed by atoms with E-state index in [2.05, 4.69) is 24.5 Å². The first-order valence-corrected chi connectivity index (χ1v) is 5.82. The molecule has 0 spiro atoms. The average molecular weight is 223 g/mol. The zero-order valence-electron chi connectivity index (χ0n) is 10.3. The van der Waals surface area contributed by atoms with Gasteiger partial charge in [-0.3, -0.25) is 4.79 Å². The number of amides is 1. The predicted molar refractivity (Wildman–Crippen MR) is 65.7 cm³/mol. The molecule has 0 radical (unpaired) electrons. The highest BCUT2D eigenvalue weighted by Gasteiger charge is 2.11. The monoisotopic (exact) mass is 223 g/mol. The largest absolute Gasteiger partial charge is 0.349 e. The third-order valence-corrected chi connectivity index (χ3v) is 2.41. The summed E-state index contributed by atoms with van der Waals surface area (Å²) >= 11 is 0. The predicted octanol–water partition coefficient (Wildman–Crippen LogP) is 1.41. The van der Waals surface area contributed by atoms with E-state index in [4.69, 9.17) is 0 Å². The Hall–Kier alpha value is -1.29. The Morgan fingerprint density at radius 3 is 2.81 bits per heavy atom. The fourth-order valence-corrected chi connectivity index (χ4v) is 1.57. The molecule has 1 amide bonds. The van der Waals surface area contributed by atoms with Gasteiger partial charge in [-0.05, 0) is 32.5 Å². The minimum atomic E-state index is -0.00315. The van der Waals surface area contributed by atoms with Gasteiger partial charge in [-0.15, -0.1) is 0 Å². The molecule has 4 heteroatoms. The maximum atomic E-state index is 11.8. The molecule has 0 fully saturated rings. The quantitative estimate of drug-likeness (QED) is 0.716. The zero-order valence-corrected chi connectivity index (χ0v) is 10.3. The first kappa shape index (κ1) is 12.8. The van der Waals surface area contributed by atoms with Crippen molar-refractivity contribution < 1.29 is 4.79 Å². The topological polar surface area (TPSA) is 46.1 Å². The van der Waals surface area contributed by atoms with Crippen molar-refractivity contribution in [1.82, 2.24) is 15.2 Å². The lowest BCUT2D eigenvalue weighted by atomic mass is 10.3. The second-order valence-corrected chi connectivity index (χ2v) is 4.00. The lowest BCUT2D eigenvalue weighted by Gasteiger charge is -2.12. The van der Waals surface area contributed by atoms with Crippen molar-refractivity contribution >= 4 is 5.91 Å². The van der Waals surface area contributed by atoms with Crippen LogP contribution in [0.3, 0.4) is 0 Å². The summed E-state index contributed by atoms with van der Waals surface area (Å²) in [6.45, 7) is 8.58. The Kier molecular flexibility index (Phi) is 5.05. The Morgan fingerprint density at radius 1 is 1.44 bits per heavy atom. The molecule has 4 nitrogen and oxygen atoms in total. The van der Waals surface area contributed by atoms with Crippen LogP contribution >= 0.6 is 0 Å². The summed E-state index contributed by atoms with van der Waals surface area (Å²) in [4.78, 5) is 11.8. The SMILES string of the molecule is CCNCCNC(=O)c1cccn1C(C)C. The summed E-state index contributed by atoms with van der Waals surface area (Å²) in [6, 6.07) is 4.06. The van der Waals surface area contributed by atoms with E-state index in [-0.39, 0.29) is 5.91 Å². The molecule has 0 aliphatic heterocycles. The zero-order chi connectivity index (χ0) is 12.0. The van der Waals surface area contributed by atoms with Crippen LogP contribution in [0, 0.1) is 0 Å². The molecule has 0 saturated heterocycles. The third kappa shape index (κ3) is 3.38.